The summed E-state index contributed by atoms with van der Waals surface area (Å²) in [4.78, 5) is 4.16. The van der Waals surface area contributed by atoms with Gasteiger partial charge in [-0.25, -0.2) is 17.9 Å². The van der Waals surface area contributed by atoms with Crippen LogP contribution in [0.4, 0.5) is 4.39 Å². The van der Waals surface area contributed by atoms with Crippen LogP contribution >= 0.6 is 24.0 Å². The maximum absolute atomic E-state index is 13.2. The number of nitrogens with one attached hydrogen (secondary N) is 2. The molecule has 0 bridgehead atoms. The normalized spacial score (nSPS) is 12.6. The highest BCUT2D eigenvalue weighted by Gasteiger charge is 2.09. The van der Waals surface area contributed by atoms with Crippen LogP contribution in [-0.2, 0) is 16.6 Å². The molecule has 0 aliphatic carbocycles. The number of guanidine groups is 1. The number of rotatable bonds is 7. The first kappa shape index (κ1) is 24.1. The van der Waals surface area contributed by atoms with Gasteiger partial charge >= 0.3 is 0 Å². The molecule has 154 valence electrons. The van der Waals surface area contributed by atoms with Gasteiger partial charge in [-0.15, -0.1) is 24.0 Å². The van der Waals surface area contributed by atoms with Gasteiger partial charge in [0.05, 0.1) is 11.4 Å². The first-order valence-electron chi connectivity index (χ1n) is 8.26. The van der Waals surface area contributed by atoms with Crippen molar-refractivity contribution in [1.29, 1.82) is 0 Å². The van der Waals surface area contributed by atoms with Crippen molar-refractivity contribution in [3.05, 3.63) is 59.9 Å². The molecule has 28 heavy (non-hydrogen) atoms. The maximum atomic E-state index is 13.2. The monoisotopic (exact) mass is 522 g/mol. The van der Waals surface area contributed by atoms with Gasteiger partial charge in [0.1, 0.15) is 17.7 Å². The summed E-state index contributed by atoms with van der Waals surface area (Å²) in [6, 6.07) is 12.3. The van der Waals surface area contributed by atoms with Crippen LogP contribution in [0.15, 0.2) is 58.4 Å². The fourth-order valence-corrected chi connectivity index (χ4v) is 2.88. The molecule has 2 aromatic carbocycles. The van der Waals surface area contributed by atoms with E-state index in [2.05, 4.69) is 15.6 Å². The molecule has 0 aromatic heterocycles. The number of hydrogen-bond donors (Lipinski definition) is 3. The summed E-state index contributed by atoms with van der Waals surface area (Å²) in [5.41, 5.74) is 0.744. The van der Waals surface area contributed by atoms with Gasteiger partial charge in [0.2, 0.25) is 10.0 Å². The van der Waals surface area contributed by atoms with Gasteiger partial charge in [0.15, 0.2) is 5.96 Å². The first-order chi connectivity index (χ1) is 12.8. The van der Waals surface area contributed by atoms with Gasteiger partial charge in [-0.05, 0) is 36.8 Å². The molecule has 0 aliphatic rings. The highest BCUT2D eigenvalue weighted by atomic mass is 127. The van der Waals surface area contributed by atoms with Gasteiger partial charge in [0, 0.05) is 19.7 Å². The second-order valence-corrected chi connectivity index (χ2v) is 7.45. The third-order valence-electron chi connectivity index (χ3n) is 3.60. The standard InChI is InChI=1S/C18H23FN4O3S.HI/c1-13(26-16-7-4-6-15(19)10-16)11-22-18(21-2)23-12-14-5-3-8-17(9-14)27(20,24)25;/h3-10,13H,11-12H2,1-2H3,(H2,20,24,25)(H2,21,22,23);1H. The number of nitrogens with two attached hydrogens (primary N) is 1. The number of primary sulfonamides is 1. The van der Waals surface area contributed by atoms with Gasteiger partial charge in [-0.3, -0.25) is 4.99 Å². The molecule has 0 heterocycles. The van der Waals surface area contributed by atoms with E-state index in [0.29, 0.717) is 24.8 Å². The number of hydrogen-bond acceptors (Lipinski definition) is 4. The Kier molecular flexibility index (Phi) is 9.62. The third kappa shape index (κ3) is 7.98. The minimum Gasteiger partial charge on any atom is -0.489 e. The minimum atomic E-state index is -3.74. The number of sulfonamides is 1. The quantitative estimate of drug-likeness (QED) is 0.294. The van der Waals surface area contributed by atoms with Crippen molar-refractivity contribution in [3.63, 3.8) is 0 Å². The van der Waals surface area contributed by atoms with Crippen LogP contribution in [0.1, 0.15) is 12.5 Å². The zero-order chi connectivity index (χ0) is 19.9. The maximum Gasteiger partial charge on any atom is 0.238 e. The molecule has 0 radical (unpaired) electrons. The van der Waals surface area contributed by atoms with Gasteiger partial charge in [-0.1, -0.05) is 18.2 Å². The Balaban J connectivity index is 0.00000392. The molecule has 4 N–H and O–H groups in total. The number of nitrogens with zero attached hydrogens (tertiary/aromatic N) is 1. The van der Waals surface area contributed by atoms with E-state index in [0.717, 1.165) is 5.56 Å². The molecule has 10 heteroatoms. The van der Waals surface area contributed by atoms with Crippen molar-refractivity contribution < 1.29 is 17.5 Å². The van der Waals surface area contributed by atoms with Crippen molar-refractivity contribution >= 4 is 40.0 Å². The van der Waals surface area contributed by atoms with Crippen molar-refractivity contribution in [2.24, 2.45) is 10.1 Å². The van der Waals surface area contributed by atoms with E-state index in [1.54, 1.807) is 31.3 Å². The summed E-state index contributed by atoms with van der Waals surface area (Å²) < 4.78 is 41.6. The Hall–Kier alpha value is -1.92. The Morgan fingerprint density at radius 3 is 2.57 bits per heavy atom. The second-order valence-electron chi connectivity index (χ2n) is 5.88. The molecule has 0 amide bonds. The Bertz CT molecular complexity index is 909. The van der Waals surface area contributed by atoms with Crippen molar-refractivity contribution in [3.8, 4) is 5.75 Å². The number of ether oxygens (including phenoxy) is 1. The lowest BCUT2D eigenvalue weighted by molar-refractivity contribution is 0.223. The first-order valence-corrected chi connectivity index (χ1v) is 9.81. The molecule has 0 saturated heterocycles. The van der Waals surface area contributed by atoms with Gasteiger partial charge in [0.25, 0.3) is 0 Å². The fraction of sp³-hybridized carbons (Fsp3) is 0.278. The lowest BCUT2D eigenvalue weighted by Crippen LogP contribution is -2.41. The van der Waals surface area contributed by atoms with Gasteiger partial charge in [-0.2, -0.15) is 0 Å². The molecule has 7 nitrogen and oxygen atoms in total. The molecule has 0 fully saturated rings. The van der Waals surface area contributed by atoms with Crippen LogP contribution in [0.3, 0.4) is 0 Å². The average molecular weight is 522 g/mol. The SMILES string of the molecule is CN=C(NCc1cccc(S(N)(=O)=O)c1)NCC(C)Oc1cccc(F)c1.I. The van der Waals surface area contributed by atoms with Crippen LogP contribution in [0.2, 0.25) is 0 Å². The van der Waals surface area contributed by atoms with Crippen LogP contribution in [0, 0.1) is 5.82 Å². The third-order valence-corrected chi connectivity index (χ3v) is 4.51. The predicted molar refractivity (Wildman–Crippen MR) is 118 cm³/mol. The van der Waals surface area contributed by atoms with Crippen molar-refractivity contribution in [2.45, 2.75) is 24.5 Å². The molecule has 1 unspecified atom stereocenters. The molecular weight excluding hydrogens is 498 g/mol. The summed E-state index contributed by atoms with van der Waals surface area (Å²) >= 11 is 0. The summed E-state index contributed by atoms with van der Waals surface area (Å²) in [5.74, 6) is 0.615. The number of aliphatic imine (C=N–C) groups is 1. The van der Waals surface area contributed by atoms with E-state index in [9.17, 15) is 12.8 Å². The Labute approximate surface area is 181 Å². The molecule has 0 spiro atoms. The average Bonchev–Trinajstić information content (AvgIpc) is 2.61. The van der Waals surface area contributed by atoms with Gasteiger partial charge < -0.3 is 15.4 Å². The van der Waals surface area contributed by atoms with E-state index in [1.165, 1.54) is 24.3 Å². The smallest absolute Gasteiger partial charge is 0.238 e. The van der Waals surface area contributed by atoms with E-state index in [-0.39, 0.29) is 40.8 Å². The largest absolute Gasteiger partial charge is 0.489 e. The lowest BCUT2D eigenvalue weighted by Gasteiger charge is -2.18. The summed E-state index contributed by atoms with van der Waals surface area (Å²) in [6.45, 7) is 2.65. The summed E-state index contributed by atoms with van der Waals surface area (Å²) in [6.07, 6.45) is -0.226. The molecule has 2 aromatic rings. The fourth-order valence-electron chi connectivity index (χ4n) is 2.29. The van der Waals surface area contributed by atoms with Crippen LogP contribution in [0.5, 0.6) is 5.75 Å². The second kappa shape index (κ2) is 11.2. The summed E-state index contributed by atoms with van der Waals surface area (Å²) in [5, 5.41) is 11.3. The molecule has 1 atom stereocenters. The molecule has 2 rings (SSSR count). The molecule has 0 saturated carbocycles. The van der Waals surface area contributed by atoms with Crippen LogP contribution < -0.4 is 20.5 Å². The number of benzene rings is 2. The number of halogens is 2. The highest BCUT2D eigenvalue weighted by molar-refractivity contribution is 14.0. The van der Waals surface area contributed by atoms with E-state index in [4.69, 9.17) is 9.88 Å². The minimum absolute atomic E-state index is 0. The molecular formula is C18H24FIN4O3S. The van der Waals surface area contributed by atoms with E-state index in [1.807, 2.05) is 6.92 Å². The predicted octanol–water partition coefficient (Wildman–Crippen LogP) is 2.22. The van der Waals surface area contributed by atoms with Crippen LogP contribution in [0.25, 0.3) is 0 Å². The van der Waals surface area contributed by atoms with E-state index >= 15 is 0 Å². The lowest BCUT2D eigenvalue weighted by atomic mass is 10.2. The summed E-state index contributed by atoms with van der Waals surface area (Å²) in [7, 11) is -2.12. The van der Waals surface area contributed by atoms with Crippen LogP contribution in [-0.4, -0.2) is 34.1 Å². The van der Waals surface area contributed by atoms with Crippen molar-refractivity contribution in [1.82, 2.24) is 10.6 Å². The zero-order valence-electron chi connectivity index (χ0n) is 15.6. The topological polar surface area (TPSA) is 106 Å². The van der Waals surface area contributed by atoms with E-state index < -0.39 is 10.0 Å². The Morgan fingerprint density at radius 2 is 1.93 bits per heavy atom. The molecule has 0 aliphatic heterocycles. The zero-order valence-corrected chi connectivity index (χ0v) is 18.7. The Morgan fingerprint density at radius 1 is 1.21 bits per heavy atom. The highest BCUT2D eigenvalue weighted by Crippen LogP contribution is 2.13. The van der Waals surface area contributed by atoms with Crippen molar-refractivity contribution in [2.75, 3.05) is 13.6 Å².